The zero-order valence-electron chi connectivity index (χ0n) is 14.4. The van der Waals surface area contributed by atoms with Gasteiger partial charge in [-0.2, -0.15) is 5.26 Å². The van der Waals surface area contributed by atoms with Crippen molar-refractivity contribution in [3.8, 4) is 6.07 Å². The molecule has 0 fully saturated rings. The molecule has 0 radical (unpaired) electrons. The third kappa shape index (κ3) is 6.31. The van der Waals surface area contributed by atoms with Crippen LogP contribution in [0.25, 0.3) is 0 Å². The number of methoxy groups -OCH3 is 1. The molecule has 1 unspecified atom stereocenters. The van der Waals surface area contributed by atoms with Crippen molar-refractivity contribution in [1.29, 1.82) is 5.26 Å². The predicted molar refractivity (Wildman–Crippen MR) is 85.5 cm³/mol. The number of esters is 1. The Morgan fingerprint density at radius 3 is 2.70 bits per heavy atom. The van der Waals surface area contributed by atoms with Gasteiger partial charge in [-0.1, -0.05) is 11.6 Å². The molecule has 23 heavy (non-hydrogen) atoms. The molecule has 0 aromatic heterocycles. The summed E-state index contributed by atoms with van der Waals surface area (Å²) in [7, 11) is 1.32. The number of nitrogens with zero attached hydrogens (tertiary/aromatic N) is 2. The molecule has 6 heteroatoms. The van der Waals surface area contributed by atoms with Crippen molar-refractivity contribution in [2.75, 3.05) is 13.7 Å². The van der Waals surface area contributed by atoms with E-state index in [2.05, 4.69) is 6.07 Å². The molecule has 0 spiro atoms. The maximum absolute atomic E-state index is 12.4. The number of carbonyl (C=O) groups is 2. The lowest BCUT2D eigenvalue weighted by molar-refractivity contribution is -0.146. The largest absolute Gasteiger partial charge is 0.467 e. The number of hydrogen-bond acceptors (Lipinski definition) is 5. The molecule has 128 valence electrons. The Balaban J connectivity index is 2.83. The van der Waals surface area contributed by atoms with Gasteiger partial charge in [-0.05, 0) is 46.5 Å². The van der Waals surface area contributed by atoms with Gasteiger partial charge in [0.1, 0.15) is 11.6 Å². The molecule has 0 aliphatic carbocycles. The lowest BCUT2D eigenvalue weighted by Gasteiger charge is -2.30. The summed E-state index contributed by atoms with van der Waals surface area (Å²) in [5.41, 5.74) is 0.549. The summed E-state index contributed by atoms with van der Waals surface area (Å²) in [4.78, 5) is 25.9. The monoisotopic (exact) mass is 322 g/mol. The van der Waals surface area contributed by atoms with Crippen molar-refractivity contribution in [3.05, 3.63) is 11.6 Å². The molecule has 0 aromatic rings. The second kappa shape index (κ2) is 8.56. The van der Waals surface area contributed by atoms with Gasteiger partial charge < -0.3 is 9.47 Å². The minimum absolute atomic E-state index is 0.410. The maximum atomic E-state index is 12.4. The predicted octanol–water partition coefficient (Wildman–Crippen LogP) is 3.18. The molecule has 0 N–H and O–H groups in total. The number of amides is 1. The molecule has 1 aliphatic heterocycles. The van der Waals surface area contributed by atoms with E-state index in [0.29, 0.717) is 25.8 Å². The molecule has 0 bridgehead atoms. The summed E-state index contributed by atoms with van der Waals surface area (Å²) in [6.45, 7) is 5.79. The van der Waals surface area contributed by atoms with Gasteiger partial charge in [0.2, 0.25) is 0 Å². The van der Waals surface area contributed by atoms with E-state index in [4.69, 9.17) is 14.7 Å². The van der Waals surface area contributed by atoms with Crippen LogP contribution < -0.4 is 0 Å². The standard InChI is InChI=1S/C17H26N2O4/c1-17(2,3)23-16(21)19-12-10-13(7-5-6-11-18)8-9-14(19)15(20)22-4/h8,14H,5-7,9-10,12H2,1-4H3. The zero-order valence-corrected chi connectivity index (χ0v) is 14.4. The lowest BCUT2D eigenvalue weighted by Crippen LogP contribution is -2.47. The number of rotatable bonds is 4. The van der Waals surface area contributed by atoms with Crippen molar-refractivity contribution < 1.29 is 19.1 Å². The highest BCUT2D eigenvalue weighted by Crippen LogP contribution is 2.23. The molecule has 1 aliphatic rings. The van der Waals surface area contributed by atoms with Gasteiger partial charge in [-0.15, -0.1) is 0 Å². The molecular weight excluding hydrogens is 296 g/mol. The first kappa shape index (κ1) is 19.0. The summed E-state index contributed by atoms with van der Waals surface area (Å²) in [5.74, 6) is -0.439. The Labute approximate surface area is 138 Å². The quantitative estimate of drug-likeness (QED) is 0.451. The molecule has 1 heterocycles. The minimum Gasteiger partial charge on any atom is -0.467 e. The summed E-state index contributed by atoms with van der Waals surface area (Å²) in [6, 6.07) is 1.46. The van der Waals surface area contributed by atoms with Gasteiger partial charge in [-0.3, -0.25) is 4.90 Å². The maximum Gasteiger partial charge on any atom is 0.411 e. The van der Waals surface area contributed by atoms with E-state index in [1.165, 1.54) is 17.6 Å². The van der Waals surface area contributed by atoms with Crippen LogP contribution in [0.4, 0.5) is 4.79 Å². The third-order valence-corrected chi connectivity index (χ3v) is 3.57. The average Bonchev–Trinajstić information content (AvgIpc) is 2.68. The first-order valence-corrected chi connectivity index (χ1v) is 7.91. The van der Waals surface area contributed by atoms with Crippen molar-refractivity contribution in [2.24, 2.45) is 0 Å². The van der Waals surface area contributed by atoms with Crippen LogP contribution in [0.5, 0.6) is 0 Å². The molecule has 1 rings (SSSR count). The lowest BCUT2D eigenvalue weighted by atomic mass is 10.0. The molecular formula is C17H26N2O4. The highest BCUT2D eigenvalue weighted by molar-refractivity contribution is 5.81. The van der Waals surface area contributed by atoms with Crippen LogP contribution in [0.2, 0.25) is 0 Å². The van der Waals surface area contributed by atoms with Gasteiger partial charge in [0, 0.05) is 13.0 Å². The molecule has 1 amide bonds. The minimum atomic E-state index is -0.664. The summed E-state index contributed by atoms with van der Waals surface area (Å²) in [5, 5.41) is 8.62. The highest BCUT2D eigenvalue weighted by Gasteiger charge is 2.34. The molecule has 0 aromatic carbocycles. The van der Waals surface area contributed by atoms with E-state index in [1.54, 1.807) is 20.8 Å². The highest BCUT2D eigenvalue weighted by atomic mass is 16.6. The van der Waals surface area contributed by atoms with E-state index >= 15 is 0 Å². The Morgan fingerprint density at radius 1 is 1.43 bits per heavy atom. The Hall–Kier alpha value is -2.03. The zero-order chi connectivity index (χ0) is 17.5. The van der Waals surface area contributed by atoms with E-state index in [0.717, 1.165) is 12.8 Å². The topological polar surface area (TPSA) is 79.6 Å². The summed E-state index contributed by atoms with van der Waals surface area (Å²) < 4.78 is 10.2. The Bertz CT molecular complexity index is 500. The fourth-order valence-electron chi connectivity index (χ4n) is 2.45. The van der Waals surface area contributed by atoms with Crippen molar-refractivity contribution >= 4 is 12.1 Å². The van der Waals surface area contributed by atoms with E-state index < -0.39 is 23.7 Å². The van der Waals surface area contributed by atoms with Gasteiger partial charge in [-0.25, -0.2) is 9.59 Å². The van der Waals surface area contributed by atoms with Crippen LogP contribution in [0.15, 0.2) is 11.6 Å². The van der Waals surface area contributed by atoms with Crippen LogP contribution >= 0.6 is 0 Å². The first-order chi connectivity index (χ1) is 10.8. The van der Waals surface area contributed by atoms with Crippen LogP contribution in [0, 0.1) is 11.3 Å². The number of hydrogen-bond donors (Lipinski definition) is 0. The SMILES string of the molecule is COC(=O)C1CC=C(CCCC#N)CCN1C(=O)OC(C)(C)C. The third-order valence-electron chi connectivity index (χ3n) is 3.57. The molecule has 0 saturated carbocycles. The van der Waals surface area contributed by atoms with Crippen molar-refractivity contribution in [1.82, 2.24) is 4.90 Å². The van der Waals surface area contributed by atoms with Crippen molar-refractivity contribution in [2.45, 2.75) is 64.5 Å². The van der Waals surface area contributed by atoms with Crippen LogP contribution in [0.3, 0.4) is 0 Å². The summed E-state index contributed by atoms with van der Waals surface area (Å²) >= 11 is 0. The smallest absolute Gasteiger partial charge is 0.411 e. The van der Waals surface area contributed by atoms with Crippen LogP contribution in [-0.4, -0.2) is 42.3 Å². The number of unbranched alkanes of at least 4 members (excludes halogenated alkanes) is 1. The van der Waals surface area contributed by atoms with E-state index in [9.17, 15) is 9.59 Å². The fourth-order valence-corrected chi connectivity index (χ4v) is 2.45. The number of nitriles is 1. The average molecular weight is 322 g/mol. The molecule has 6 nitrogen and oxygen atoms in total. The van der Waals surface area contributed by atoms with Gasteiger partial charge in [0.15, 0.2) is 0 Å². The number of carbonyl (C=O) groups excluding carboxylic acids is 2. The van der Waals surface area contributed by atoms with Gasteiger partial charge >= 0.3 is 12.1 Å². The van der Waals surface area contributed by atoms with E-state index in [-0.39, 0.29) is 0 Å². The first-order valence-electron chi connectivity index (χ1n) is 7.91. The second-order valence-electron chi connectivity index (χ2n) is 6.57. The van der Waals surface area contributed by atoms with Crippen molar-refractivity contribution in [3.63, 3.8) is 0 Å². The molecule has 0 saturated heterocycles. The Kier molecular flexibility index (Phi) is 7.08. The van der Waals surface area contributed by atoms with Crippen LogP contribution in [-0.2, 0) is 14.3 Å². The van der Waals surface area contributed by atoms with Crippen LogP contribution in [0.1, 0.15) is 52.9 Å². The van der Waals surface area contributed by atoms with Gasteiger partial charge in [0.05, 0.1) is 13.2 Å². The number of ether oxygens (including phenoxy) is 2. The Morgan fingerprint density at radius 2 is 2.13 bits per heavy atom. The second-order valence-corrected chi connectivity index (χ2v) is 6.57. The fraction of sp³-hybridized carbons (Fsp3) is 0.706. The summed E-state index contributed by atoms with van der Waals surface area (Å²) in [6.07, 6.45) is 4.68. The van der Waals surface area contributed by atoms with Gasteiger partial charge in [0.25, 0.3) is 0 Å². The van der Waals surface area contributed by atoms with E-state index in [1.807, 2.05) is 6.08 Å². The normalized spacial score (nSPS) is 18.5. The molecule has 1 atom stereocenters.